The molecule has 7 heteroatoms. The first-order valence-electron chi connectivity index (χ1n) is 6.62. The van der Waals surface area contributed by atoms with Gasteiger partial charge in [0, 0.05) is 25.3 Å². The summed E-state index contributed by atoms with van der Waals surface area (Å²) in [5.41, 5.74) is 0. The van der Waals surface area contributed by atoms with Crippen LogP contribution in [0.3, 0.4) is 0 Å². The molecule has 0 radical (unpaired) electrons. The summed E-state index contributed by atoms with van der Waals surface area (Å²) in [7, 11) is 0. The van der Waals surface area contributed by atoms with Crippen LogP contribution in [0, 0.1) is 0 Å². The number of anilines is 1. The van der Waals surface area contributed by atoms with Crippen molar-refractivity contribution < 1.29 is 9.59 Å². The number of aromatic nitrogens is 1. The molecular weight excluding hydrogens is 280 g/mol. The van der Waals surface area contributed by atoms with Crippen LogP contribution in [0.5, 0.6) is 0 Å². The highest BCUT2D eigenvalue weighted by molar-refractivity contribution is 6.32. The molecule has 0 saturated carbocycles. The first-order chi connectivity index (χ1) is 9.66. The Morgan fingerprint density at radius 2 is 2.05 bits per heavy atom. The number of nitrogens with one attached hydrogen (secondary N) is 1. The van der Waals surface area contributed by atoms with Crippen molar-refractivity contribution in [2.24, 2.45) is 0 Å². The Balaban J connectivity index is 1.67. The molecule has 1 N–H and O–H groups in total. The van der Waals surface area contributed by atoms with Gasteiger partial charge in [0.15, 0.2) is 0 Å². The number of pyridine rings is 1. The van der Waals surface area contributed by atoms with Crippen LogP contribution in [0.25, 0.3) is 0 Å². The largest absolute Gasteiger partial charge is 0.355 e. The number of rotatable bonds is 2. The summed E-state index contributed by atoms with van der Waals surface area (Å²) < 4.78 is 0. The van der Waals surface area contributed by atoms with E-state index in [4.69, 9.17) is 11.6 Å². The van der Waals surface area contributed by atoms with E-state index in [1.165, 1.54) is 4.90 Å². The Bertz CT molecular complexity index is 527. The molecule has 2 aliphatic heterocycles. The molecule has 6 nitrogen and oxygen atoms in total. The summed E-state index contributed by atoms with van der Waals surface area (Å²) in [5, 5.41) is 3.18. The van der Waals surface area contributed by atoms with E-state index in [0.29, 0.717) is 5.02 Å². The lowest BCUT2D eigenvalue weighted by molar-refractivity contribution is -0.126. The van der Waals surface area contributed by atoms with Gasteiger partial charge in [0.2, 0.25) is 5.91 Å². The fourth-order valence-corrected chi connectivity index (χ4v) is 2.99. The monoisotopic (exact) mass is 294 g/mol. The first-order valence-corrected chi connectivity index (χ1v) is 7.00. The second kappa shape index (κ2) is 5.28. The zero-order valence-electron chi connectivity index (χ0n) is 10.9. The molecule has 3 amide bonds. The number of halogens is 1. The lowest BCUT2D eigenvalue weighted by atomic mass is 10.0. The second-order valence-electron chi connectivity index (χ2n) is 4.95. The Labute approximate surface area is 121 Å². The average Bonchev–Trinajstić information content (AvgIpc) is 2.79. The second-order valence-corrected chi connectivity index (χ2v) is 5.36. The molecule has 2 aliphatic rings. The standard InChI is InChI=1S/C13H15ClN4O2/c14-10-2-1-5-15-12(10)17-6-3-9(4-7-17)18-11(19)8-16-13(18)20/h1-2,5,9H,3-4,6-8H2,(H,16,20). The zero-order valence-corrected chi connectivity index (χ0v) is 11.6. The molecule has 0 spiro atoms. The summed E-state index contributed by atoms with van der Waals surface area (Å²) in [6, 6.07) is 3.31. The van der Waals surface area contributed by atoms with Crippen molar-refractivity contribution in [3.8, 4) is 0 Å². The Hall–Kier alpha value is -1.82. The quantitative estimate of drug-likeness (QED) is 0.834. The van der Waals surface area contributed by atoms with E-state index in [1.54, 1.807) is 12.3 Å². The van der Waals surface area contributed by atoms with Gasteiger partial charge in [0.25, 0.3) is 0 Å². The van der Waals surface area contributed by atoms with E-state index in [-0.39, 0.29) is 24.5 Å². The lowest BCUT2D eigenvalue weighted by Gasteiger charge is -2.36. The topological polar surface area (TPSA) is 65.5 Å². The zero-order chi connectivity index (χ0) is 14.1. The van der Waals surface area contributed by atoms with Crippen LogP contribution in [0.15, 0.2) is 18.3 Å². The van der Waals surface area contributed by atoms with Crippen molar-refractivity contribution >= 4 is 29.4 Å². The first kappa shape index (κ1) is 13.2. The van der Waals surface area contributed by atoms with Gasteiger partial charge in [-0.1, -0.05) is 11.6 Å². The summed E-state index contributed by atoms with van der Waals surface area (Å²) >= 11 is 6.13. The molecule has 0 bridgehead atoms. The SMILES string of the molecule is O=C1CNC(=O)N1C1CCN(c2ncccc2Cl)CC1. The van der Waals surface area contributed by atoms with E-state index in [2.05, 4.69) is 15.2 Å². The van der Waals surface area contributed by atoms with Crippen molar-refractivity contribution in [1.82, 2.24) is 15.2 Å². The third-order valence-electron chi connectivity index (χ3n) is 3.75. The van der Waals surface area contributed by atoms with Gasteiger partial charge in [-0.25, -0.2) is 9.78 Å². The molecular formula is C13H15ClN4O2. The lowest BCUT2D eigenvalue weighted by Crippen LogP contribution is -2.47. The molecule has 0 unspecified atom stereocenters. The van der Waals surface area contributed by atoms with Gasteiger partial charge < -0.3 is 10.2 Å². The number of carbonyl (C=O) groups excluding carboxylic acids is 2. The highest BCUT2D eigenvalue weighted by Gasteiger charge is 2.36. The van der Waals surface area contributed by atoms with Crippen LogP contribution in [0.4, 0.5) is 10.6 Å². The van der Waals surface area contributed by atoms with E-state index in [0.717, 1.165) is 31.7 Å². The number of urea groups is 1. The van der Waals surface area contributed by atoms with E-state index in [9.17, 15) is 9.59 Å². The van der Waals surface area contributed by atoms with Crippen molar-refractivity contribution in [3.05, 3.63) is 23.4 Å². The molecule has 0 atom stereocenters. The third-order valence-corrected chi connectivity index (χ3v) is 4.04. The predicted octanol–water partition coefficient (Wildman–Crippen LogP) is 1.26. The fraction of sp³-hybridized carbons (Fsp3) is 0.462. The minimum atomic E-state index is -0.274. The summed E-state index contributed by atoms with van der Waals surface area (Å²) in [5.74, 6) is 0.633. The maximum atomic E-state index is 11.7. The van der Waals surface area contributed by atoms with Crippen LogP contribution in [-0.2, 0) is 4.79 Å². The number of imide groups is 1. The normalized spacial score (nSPS) is 20.4. The van der Waals surface area contributed by atoms with Crippen molar-refractivity contribution in [2.75, 3.05) is 24.5 Å². The molecule has 0 aromatic carbocycles. The van der Waals surface area contributed by atoms with Crippen LogP contribution >= 0.6 is 11.6 Å². The van der Waals surface area contributed by atoms with Gasteiger partial charge >= 0.3 is 6.03 Å². The number of carbonyl (C=O) groups is 2. The van der Waals surface area contributed by atoms with E-state index < -0.39 is 0 Å². The molecule has 1 aromatic rings. The van der Waals surface area contributed by atoms with Crippen molar-refractivity contribution in [2.45, 2.75) is 18.9 Å². The number of hydrogen-bond donors (Lipinski definition) is 1. The number of nitrogens with zero attached hydrogens (tertiary/aromatic N) is 3. The molecule has 0 aliphatic carbocycles. The fourth-order valence-electron chi connectivity index (χ4n) is 2.75. The molecule has 3 rings (SSSR count). The van der Waals surface area contributed by atoms with E-state index >= 15 is 0 Å². The van der Waals surface area contributed by atoms with Crippen molar-refractivity contribution in [1.29, 1.82) is 0 Å². The molecule has 3 heterocycles. The van der Waals surface area contributed by atoms with Crippen LogP contribution in [0.2, 0.25) is 5.02 Å². The number of hydrogen-bond acceptors (Lipinski definition) is 4. The molecule has 2 fully saturated rings. The summed E-state index contributed by atoms with van der Waals surface area (Å²) in [4.78, 5) is 31.1. The number of piperidine rings is 1. The van der Waals surface area contributed by atoms with Crippen LogP contribution in [0.1, 0.15) is 12.8 Å². The summed E-state index contributed by atoms with van der Waals surface area (Å²) in [6.45, 7) is 1.59. The predicted molar refractivity (Wildman–Crippen MR) is 74.7 cm³/mol. The maximum Gasteiger partial charge on any atom is 0.324 e. The van der Waals surface area contributed by atoms with Crippen LogP contribution in [-0.4, -0.2) is 47.5 Å². The Kier molecular flexibility index (Phi) is 3.48. The average molecular weight is 295 g/mol. The Morgan fingerprint density at radius 3 is 2.65 bits per heavy atom. The smallest absolute Gasteiger partial charge is 0.324 e. The van der Waals surface area contributed by atoms with Crippen molar-refractivity contribution in [3.63, 3.8) is 0 Å². The van der Waals surface area contributed by atoms with Gasteiger partial charge in [-0.15, -0.1) is 0 Å². The van der Waals surface area contributed by atoms with Gasteiger partial charge in [0.1, 0.15) is 5.82 Å². The number of amides is 3. The van der Waals surface area contributed by atoms with E-state index in [1.807, 2.05) is 6.07 Å². The third kappa shape index (κ3) is 2.31. The Morgan fingerprint density at radius 1 is 1.30 bits per heavy atom. The maximum absolute atomic E-state index is 11.7. The molecule has 106 valence electrons. The highest BCUT2D eigenvalue weighted by Crippen LogP contribution is 2.27. The van der Waals surface area contributed by atoms with Gasteiger partial charge in [0.05, 0.1) is 11.6 Å². The minimum Gasteiger partial charge on any atom is -0.355 e. The summed E-state index contributed by atoms with van der Waals surface area (Å²) in [6.07, 6.45) is 3.20. The van der Waals surface area contributed by atoms with Gasteiger partial charge in [-0.3, -0.25) is 9.69 Å². The van der Waals surface area contributed by atoms with Gasteiger partial charge in [-0.2, -0.15) is 0 Å². The molecule has 2 saturated heterocycles. The van der Waals surface area contributed by atoms with Crippen LogP contribution < -0.4 is 10.2 Å². The van der Waals surface area contributed by atoms with Gasteiger partial charge in [-0.05, 0) is 25.0 Å². The molecule has 1 aromatic heterocycles. The minimum absolute atomic E-state index is 0.0243. The highest BCUT2D eigenvalue weighted by atomic mass is 35.5. The molecule has 20 heavy (non-hydrogen) atoms.